The van der Waals surface area contributed by atoms with Crippen molar-refractivity contribution in [2.24, 2.45) is 5.92 Å². The molecule has 0 aliphatic carbocycles. The second kappa shape index (κ2) is 4.07. The lowest BCUT2D eigenvalue weighted by atomic mass is 10.00. The molecule has 3 atom stereocenters. The van der Waals surface area contributed by atoms with Gasteiger partial charge in [0, 0.05) is 12.5 Å². The van der Waals surface area contributed by atoms with E-state index in [1.165, 1.54) is 0 Å². The predicted octanol–water partition coefficient (Wildman–Crippen LogP) is 1.84. The summed E-state index contributed by atoms with van der Waals surface area (Å²) < 4.78 is 11.1. The summed E-state index contributed by atoms with van der Waals surface area (Å²) in [6.07, 6.45) is 1.79. The topological polar surface area (TPSA) is 18.5 Å². The summed E-state index contributed by atoms with van der Waals surface area (Å²) in [5, 5.41) is 0. The first-order chi connectivity index (χ1) is 5.29. The molecule has 11 heavy (non-hydrogen) atoms. The maximum atomic E-state index is 5.59. The molecule has 0 amide bonds. The highest BCUT2D eigenvalue weighted by atomic mass is 16.6. The van der Waals surface area contributed by atoms with E-state index in [1.54, 1.807) is 0 Å². The van der Waals surface area contributed by atoms with E-state index >= 15 is 0 Å². The molecule has 1 aliphatic heterocycles. The first kappa shape index (κ1) is 9.01. The summed E-state index contributed by atoms with van der Waals surface area (Å²) in [5.74, 6) is 0.616. The smallest absolute Gasteiger partial charge is 0.0883 e. The highest BCUT2D eigenvalue weighted by Gasteiger charge is 2.33. The van der Waals surface area contributed by atoms with Crippen molar-refractivity contribution in [3.05, 3.63) is 0 Å². The van der Waals surface area contributed by atoms with Crippen LogP contribution in [-0.2, 0) is 9.47 Å². The van der Waals surface area contributed by atoms with Crippen molar-refractivity contribution in [3.8, 4) is 0 Å². The molecule has 2 nitrogen and oxygen atoms in total. The zero-order valence-corrected chi connectivity index (χ0v) is 7.67. The Labute approximate surface area is 68.9 Å². The first-order valence-corrected chi connectivity index (χ1v) is 4.52. The van der Waals surface area contributed by atoms with Gasteiger partial charge in [0.2, 0.25) is 0 Å². The third-order valence-electron chi connectivity index (χ3n) is 2.38. The lowest BCUT2D eigenvalue weighted by Gasteiger charge is -2.18. The van der Waals surface area contributed by atoms with Gasteiger partial charge in [-0.3, -0.25) is 0 Å². The maximum Gasteiger partial charge on any atom is 0.0883 e. The van der Waals surface area contributed by atoms with Gasteiger partial charge < -0.3 is 9.47 Å². The fraction of sp³-hybridized carbons (Fsp3) is 1.00. The molecule has 2 heteroatoms. The Morgan fingerprint density at radius 3 is 2.73 bits per heavy atom. The minimum Gasteiger partial charge on any atom is -0.375 e. The van der Waals surface area contributed by atoms with E-state index in [2.05, 4.69) is 13.8 Å². The van der Waals surface area contributed by atoms with E-state index in [1.807, 2.05) is 6.92 Å². The van der Waals surface area contributed by atoms with Crippen LogP contribution in [-0.4, -0.2) is 25.4 Å². The largest absolute Gasteiger partial charge is 0.375 e. The van der Waals surface area contributed by atoms with Crippen LogP contribution in [0.4, 0.5) is 0 Å². The van der Waals surface area contributed by atoms with Crippen LogP contribution in [0.2, 0.25) is 0 Å². The normalized spacial score (nSPS) is 37.9. The Morgan fingerprint density at radius 1 is 1.45 bits per heavy atom. The monoisotopic (exact) mass is 158 g/mol. The number of rotatable bonds is 3. The van der Waals surface area contributed by atoms with Gasteiger partial charge in [-0.1, -0.05) is 6.92 Å². The standard InChI is InChI=1S/C9H18O2/c1-4-8-6-11-7(3)9(8)10-5-2/h7-9H,4-6H2,1-3H3. The maximum absolute atomic E-state index is 5.59. The third-order valence-corrected chi connectivity index (χ3v) is 2.38. The van der Waals surface area contributed by atoms with E-state index in [0.29, 0.717) is 18.1 Å². The van der Waals surface area contributed by atoms with Crippen LogP contribution in [0.1, 0.15) is 27.2 Å². The fourth-order valence-corrected chi connectivity index (χ4v) is 1.66. The van der Waals surface area contributed by atoms with Crippen LogP contribution >= 0.6 is 0 Å². The lowest BCUT2D eigenvalue weighted by Crippen LogP contribution is -2.27. The number of hydrogen-bond donors (Lipinski definition) is 0. The van der Waals surface area contributed by atoms with Gasteiger partial charge in [-0.05, 0) is 20.3 Å². The molecule has 1 heterocycles. The van der Waals surface area contributed by atoms with Crippen molar-refractivity contribution in [3.63, 3.8) is 0 Å². The zero-order chi connectivity index (χ0) is 8.27. The summed E-state index contributed by atoms with van der Waals surface area (Å²) in [6, 6.07) is 0. The van der Waals surface area contributed by atoms with Crippen molar-refractivity contribution < 1.29 is 9.47 Å². The van der Waals surface area contributed by atoms with Crippen LogP contribution in [0.5, 0.6) is 0 Å². The molecule has 0 saturated carbocycles. The second-order valence-electron chi connectivity index (χ2n) is 3.13. The molecule has 0 bridgehead atoms. The fourth-order valence-electron chi connectivity index (χ4n) is 1.66. The van der Waals surface area contributed by atoms with Gasteiger partial charge >= 0.3 is 0 Å². The molecule has 66 valence electrons. The SMILES string of the molecule is CCOC1C(CC)COC1C. The molecule has 0 aromatic rings. The molecule has 1 saturated heterocycles. The number of ether oxygens (including phenoxy) is 2. The average Bonchev–Trinajstić information content (AvgIpc) is 2.34. The van der Waals surface area contributed by atoms with E-state index in [-0.39, 0.29) is 0 Å². The highest BCUT2D eigenvalue weighted by Crippen LogP contribution is 2.25. The Balaban J connectivity index is 2.42. The van der Waals surface area contributed by atoms with Crippen molar-refractivity contribution in [2.75, 3.05) is 13.2 Å². The van der Waals surface area contributed by atoms with Crippen molar-refractivity contribution in [1.29, 1.82) is 0 Å². The van der Waals surface area contributed by atoms with Gasteiger partial charge in [-0.15, -0.1) is 0 Å². The quantitative estimate of drug-likeness (QED) is 0.624. The summed E-state index contributed by atoms with van der Waals surface area (Å²) in [6.45, 7) is 8.00. The van der Waals surface area contributed by atoms with Gasteiger partial charge in [0.05, 0.1) is 18.8 Å². The molecular weight excluding hydrogens is 140 g/mol. The highest BCUT2D eigenvalue weighted by molar-refractivity contribution is 4.81. The molecule has 0 aromatic heterocycles. The van der Waals surface area contributed by atoms with Crippen LogP contribution < -0.4 is 0 Å². The van der Waals surface area contributed by atoms with Gasteiger partial charge in [0.15, 0.2) is 0 Å². The number of hydrogen-bond acceptors (Lipinski definition) is 2. The van der Waals surface area contributed by atoms with Gasteiger partial charge in [-0.25, -0.2) is 0 Å². The van der Waals surface area contributed by atoms with Crippen molar-refractivity contribution >= 4 is 0 Å². The Hall–Kier alpha value is -0.0800. The summed E-state index contributed by atoms with van der Waals surface area (Å²) in [7, 11) is 0. The third kappa shape index (κ3) is 1.94. The van der Waals surface area contributed by atoms with Crippen LogP contribution in [0.15, 0.2) is 0 Å². The first-order valence-electron chi connectivity index (χ1n) is 4.52. The molecule has 1 rings (SSSR count). The summed E-state index contributed by atoms with van der Waals surface area (Å²) >= 11 is 0. The molecule has 0 radical (unpaired) electrons. The van der Waals surface area contributed by atoms with Crippen LogP contribution in [0, 0.1) is 5.92 Å². The van der Waals surface area contributed by atoms with Crippen LogP contribution in [0.3, 0.4) is 0 Å². The Bertz CT molecular complexity index is 114. The molecule has 1 aliphatic rings. The van der Waals surface area contributed by atoms with Crippen LogP contribution in [0.25, 0.3) is 0 Å². The van der Waals surface area contributed by atoms with Crippen molar-refractivity contribution in [1.82, 2.24) is 0 Å². The Morgan fingerprint density at radius 2 is 2.18 bits per heavy atom. The van der Waals surface area contributed by atoms with E-state index in [9.17, 15) is 0 Å². The molecule has 0 spiro atoms. The average molecular weight is 158 g/mol. The molecule has 1 fully saturated rings. The summed E-state index contributed by atoms with van der Waals surface area (Å²) in [5.41, 5.74) is 0. The second-order valence-corrected chi connectivity index (χ2v) is 3.13. The molecular formula is C9H18O2. The van der Waals surface area contributed by atoms with Crippen molar-refractivity contribution in [2.45, 2.75) is 39.4 Å². The lowest BCUT2D eigenvalue weighted by molar-refractivity contribution is -0.00491. The minimum absolute atomic E-state index is 0.292. The van der Waals surface area contributed by atoms with E-state index in [0.717, 1.165) is 19.6 Å². The van der Waals surface area contributed by atoms with E-state index in [4.69, 9.17) is 9.47 Å². The Kier molecular flexibility index (Phi) is 3.34. The van der Waals surface area contributed by atoms with E-state index < -0.39 is 0 Å². The zero-order valence-electron chi connectivity index (χ0n) is 7.67. The van der Waals surface area contributed by atoms with Gasteiger partial charge in [0.1, 0.15) is 0 Å². The predicted molar refractivity (Wildman–Crippen MR) is 44.6 cm³/mol. The van der Waals surface area contributed by atoms with Gasteiger partial charge in [0.25, 0.3) is 0 Å². The molecule has 0 N–H and O–H groups in total. The minimum atomic E-state index is 0.292. The molecule has 0 aromatic carbocycles. The summed E-state index contributed by atoms with van der Waals surface area (Å²) in [4.78, 5) is 0. The molecule has 3 unspecified atom stereocenters. The van der Waals surface area contributed by atoms with Gasteiger partial charge in [-0.2, -0.15) is 0 Å².